The third kappa shape index (κ3) is 3.60. The van der Waals surface area contributed by atoms with E-state index in [2.05, 4.69) is 27.8 Å². The minimum absolute atomic E-state index is 0.0814. The number of carbonyl (C=O) groups is 3. The molecule has 8 heteroatoms. The number of para-hydroxylation sites is 1. The van der Waals surface area contributed by atoms with E-state index in [1.165, 1.54) is 14.0 Å². The van der Waals surface area contributed by atoms with Crippen LogP contribution in [0.25, 0.3) is 17.0 Å². The average molecular weight is 408 g/mol. The third-order valence-corrected chi connectivity index (χ3v) is 5.75. The summed E-state index contributed by atoms with van der Waals surface area (Å²) in [6.07, 6.45) is 4.00. The number of hydrazone groups is 1. The smallest absolute Gasteiger partial charge is 0.328 e. The molecule has 30 heavy (non-hydrogen) atoms. The molecule has 1 saturated carbocycles. The van der Waals surface area contributed by atoms with Crippen molar-refractivity contribution in [2.45, 2.75) is 39.2 Å². The highest BCUT2D eigenvalue weighted by molar-refractivity contribution is 6.29. The lowest BCUT2D eigenvalue weighted by Gasteiger charge is -2.16. The highest BCUT2D eigenvalue weighted by Gasteiger charge is 2.47. The first-order valence-electron chi connectivity index (χ1n) is 9.87. The van der Waals surface area contributed by atoms with Crippen LogP contribution in [0.15, 0.2) is 34.9 Å². The Kier molecular flexibility index (Phi) is 4.93. The molecule has 1 aromatic heterocycles. The van der Waals surface area contributed by atoms with E-state index in [1.54, 1.807) is 6.08 Å². The SMILES string of the molecule is COC(=O)C(Cc1c(/C=C2\C(=O)NN=C2C2(C)CC2)[nH]c2ccccc12)NC(C)=O. The van der Waals surface area contributed by atoms with E-state index >= 15 is 0 Å². The predicted octanol–water partition coefficient (Wildman–Crippen LogP) is 2.06. The zero-order valence-corrected chi connectivity index (χ0v) is 17.2. The van der Waals surface area contributed by atoms with E-state index in [4.69, 9.17) is 4.74 Å². The fourth-order valence-electron chi connectivity index (χ4n) is 3.85. The van der Waals surface area contributed by atoms with Crippen molar-refractivity contribution in [1.29, 1.82) is 0 Å². The molecule has 0 radical (unpaired) electrons. The van der Waals surface area contributed by atoms with E-state index in [9.17, 15) is 14.4 Å². The van der Waals surface area contributed by atoms with Gasteiger partial charge in [-0.2, -0.15) is 5.10 Å². The van der Waals surface area contributed by atoms with Gasteiger partial charge in [-0.3, -0.25) is 9.59 Å². The Labute approximate surface area is 173 Å². The summed E-state index contributed by atoms with van der Waals surface area (Å²) in [5, 5.41) is 7.83. The van der Waals surface area contributed by atoms with E-state index in [0.717, 1.165) is 35.0 Å². The van der Waals surface area contributed by atoms with Gasteiger partial charge in [-0.15, -0.1) is 0 Å². The quantitative estimate of drug-likeness (QED) is 0.502. The highest BCUT2D eigenvalue weighted by atomic mass is 16.5. The largest absolute Gasteiger partial charge is 0.467 e. The van der Waals surface area contributed by atoms with Gasteiger partial charge in [0, 0.05) is 35.4 Å². The number of aromatic amines is 1. The first-order chi connectivity index (χ1) is 14.3. The molecule has 1 aromatic carbocycles. The molecule has 2 heterocycles. The maximum atomic E-state index is 12.5. The number of fused-ring (bicyclic) bond motifs is 1. The standard InChI is InChI=1S/C22H24N4O4/c1-12(27)23-18(21(29)30-3)10-14-13-6-4-5-7-16(13)24-17(14)11-15-19(22(2)8-9-22)25-26-20(15)28/h4-7,11,18,24H,8-10H2,1-3H3,(H,23,27)(H,26,28)/b15-11-. The molecule has 0 spiro atoms. The Morgan fingerprint density at radius 1 is 1.33 bits per heavy atom. The van der Waals surface area contributed by atoms with Crippen LogP contribution in [0.1, 0.15) is 37.9 Å². The van der Waals surface area contributed by atoms with Crippen molar-refractivity contribution in [3.63, 3.8) is 0 Å². The second kappa shape index (κ2) is 7.44. The summed E-state index contributed by atoms with van der Waals surface area (Å²) in [5.41, 5.74) is 6.18. The predicted molar refractivity (Wildman–Crippen MR) is 113 cm³/mol. The van der Waals surface area contributed by atoms with E-state index < -0.39 is 12.0 Å². The first-order valence-corrected chi connectivity index (χ1v) is 9.87. The van der Waals surface area contributed by atoms with Gasteiger partial charge in [0.15, 0.2) is 0 Å². The van der Waals surface area contributed by atoms with Crippen LogP contribution in [0.3, 0.4) is 0 Å². The third-order valence-electron chi connectivity index (χ3n) is 5.75. The van der Waals surface area contributed by atoms with Gasteiger partial charge in [0.2, 0.25) is 5.91 Å². The molecule has 4 rings (SSSR count). The van der Waals surface area contributed by atoms with Crippen LogP contribution in [0, 0.1) is 5.41 Å². The number of H-pyrrole nitrogens is 1. The van der Waals surface area contributed by atoms with Crippen LogP contribution in [-0.2, 0) is 25.5 Å². The molecule has 2 aliphatic rings. The van der Waals surface area contributed by atoms with Crippen LogP contribution in [0.4, 0.5) is 0 Å². The lowest BCUT2D eigenvalue weighted by Crippen LogP contribution is -2.42. The maximum Gasteiger partial charge on any atom is 0.328 e. The van der Waals surface area contributed by atoms with Gasteiger partial charge in [-0.1, -0.05) is 25.1 Å². The molecule has 2 amide bonds. The normalized spacial score (nSPS) is 19.4. The molecule has 156 valence electrons. The molecule has 1 aliphatic carbocycles. The summed E-state index contributed by atoms with van der Waals surface area (Å²) in [6, 6.07) is 6.85. The van der Waals surface area contributed by atoms with Crippen LogP contribution in [0.2, 0.25) is 0 Å². The van der Waals surface area contributed by atoms with Crippen LogP contribution < -0.4 is 10.7 Å². The summed E-state index contributed by atoms with van der Waals surface area (Å²) in [6.45, 7) is 3.45. The molecule has 8 nitrogen and oxygen atoms in total. The number of amides is 2. The van der Waals surface area contributed by atoms with Crippen molar-refractivity contribution >= 4 is 40.5 Å². The Bertz CT molecular complexity index is 1110. The fourth-order valence-corrected chi connectivity index (χ4v) is 3.85. The zero-order chi connectivity index (χ0) is 21.5. The maximum absolute atomic E-state index is 12.5. The van der Waals surface area contributed by atoms with Crippen molar-refractivity contribution < 1.29 is 19.1 Å². The highest BCUT2D eigenvalue weighted by Crippen LogP contribution is 2.49. The van der Waals surface area contributed by atoms with Crippen molar-refractivity contribution in [3.8, 4) is 0 Å². The molecule has 3 N–H and O–H groups in total. The monoisotopic (exact) mass is 408 g/mol. The van der Waals surface area contributed by atoms with Crippen LogP contribution in [0.5, 0.6) is 0 Å². The van der Waals surface area contributed by atoms with Gasteiger partial charge >= 0.3 is 5.97 Å². The van der Waals surface area contributed by atoms with Crippen molar-refractivity contribution in [3.05, 3.63) is 41.1 Å². The summed E-state index contributed by atoms with van der Waals surface area (Å²) < 4.78 is 4.87. The summed E-state index contributed by atoms with van der Waals surface area (Å²) in [7, 11) is 1.29. The number of rotatable bonds is 6. The van der Waals surface area contributed by atoms with Crippen molar-refractivity contribution in [1.82, 2.24) is 15.7 Å². The number of nitrogens with one attached hydrogen (secondary N) is 3. The van der Waals surface area contributed by atoms with Crippen molar-refractivity contribution in [2.75, 3.05) is 7.11 Å². The number of aromatic nitrogens is 1. The van der Waals surface area contributed by atoms with Gasteiger partial charge in [0.25, 0.3) is 5.91 Å². The first kappa shape index (κ1) is 19.9. The molecule has 0 bridgehead atoms. The van der Waals surface area contributed by atoms with E-state index in [0.29, 0.717) is 11.3 Å². The van der Waals surface area contributed by atoms with Gasteiger partial charge in [-0.25, -0.2) is 10.2 Å². The Balaban J connectivity index is 1.79. The second-order valence-corrected chi connectivity index (χ2v) is 8.06. The topological polar surface area (TPSA) is 113 Å². The number of hydrogen-bond acceptors (Lipinski definition) is 5. The van der Waals surface area contributed by atoms with E-state index in [1.807, 2.05) is 24.3 Å². The Hall–Kier alpha value is -3.42. The number of benzene rings is 1. The Morgan fingerprint density at radius 3 is 2.73 bits per heavy atom. The summed E-state index contributed by atoms with van der Waals surface area (Å²) >= 11 is 0. The second-order valence-electron chi connectivity index (χ2n) is 8.06. The number of esters is 1. The number of hydrogen-bond donors (Lipinski definition) is 3. The lowest BCUT2D eigenvalue weighted by molar-refractivity contribution is -0.144. The van der Waals surface area contributed by atoms with Crippen LogP contribution >= 0.6 is 0 Å². The lowest BCUT2D eigenvalue weighted by atomic mass is 9.94. The molecular weight excluding hydrogens is 384 g/mol. The molecule has 0 saturated heterocycles. The molecule has 1 atom stereocenters. The number of methoxy groups -OCH3 is 1. The number of ether oxygens (including phenoxy) is 1. The minimum Gasteiger partial charge on any atom is -0.467 e. The fraction of sp³-hybridized carbons (Fsp3) is 0.364. The number of carbonyl (C=O) groups excluding carboxylic acids is 3. The molecule has 1 unspecified atom stereocenters. The molecule has 1 fully saturated rings. The molecule has 2 aromatic rings. The minimum atomic E-state index is -0.838. The molecular formula is C22H24N4O4. The average Bonchev–Trinajstić information content (AvgIpc) is 3.21. The Morgan fingerprint density at radius 2 is 2.07 bits per heavy atom. The molecule has 1 aliphatic heterocycles. The summed E-state index contributed by atoms with van der Waals surface area (Å²) in [5.74, 6) is -1.09. The zero-order valence-electron chi connectivity index (χ0n) is 17.2. The summed E-state index contributed by atoms with van der Waals surface area (Å²) in [4.78, 5) is 39.7. The van der Waals surface area contributed by atoms with Gasteiger partial charge < -0.3 is 15.0 Å². The van der Waals surface area contributed by atoms with Gasteiger partial charge in [0.1, 0.15) is 6.04 Å². The van der Waals surface area contributed by atoms with Crippen molar-refractivity contribution in [2.24, 2.45) is 10.5 Å². The van der Waals surface area contributed by atoms with Gasteiger partial charge in [0.05, 0.1) is 18.4 Å². The number of nitrogens with zero attached hydrogens (tertiary/aromatic N) is 1. The van der Waals surface area contributed by atoms with Crippen LogP contribution in [-0.4, -0.2) is 41.6 Å². The van der Waals surface area contributed by atoms with E-state index in [-0.39, 0.29) is 23.7 Å². The van der Waals surface area contributed by atoms with Gasteiger partial charge in [-0.05, 0) is 30.5 Å².